The SMILES string of the molecule is CC(C)(C)OC(=O)NC1CC(=O)N2CCNCC12. The third-order valence-corrected chi connectivity index (χ3v) is 3.16. The lowest BCUT2D eigenvalue weighted by Gasteiger charge is -2.33. The summed E-state index contributed by atoms with van der Waals surface area (Å²) in [6, 6.07) is -0.0982. The van der Waals surface area contributed by atoms with E-state index in [4.69, 9.17) is 4.74 Å². The van der Waals surface area contributed by atoms with Crippen LogP contribution < -0.4 is 10.6 Å². The van der Waals surface area contributed by atoms with Gasteiger partial charge >= 0.3 is 6.09 Å². The molecule has 0 aromatic heterocycles. The van der Waals surface area contributed by atoms with Crippen LogP contribution in [0.15, 0.2) is 0 Å². The molecule has 18 heavy (non-hydrogen) atoms. The van der Waals surface area contributed by atoms with E-state index in [2.05, 4.69) is 10.6 Å². The number of hydrogen-bond acceptors (Lipinski definition) is 4. The number of ether oxygens (including phenoxy) is 1. The summed E-state index contributed by atoms with van der Waals surface area (Å²) in [5.41, 5.74) is -0.517. The molecule has 2 unspecified atom stereocenters. The van der Waals surface area contributed by atoms with Crippen molar-refractivity contribution in [2.24, 2.45) is 0 Å². The molecule has 0 aromatic rings. The summed E-state index contributed by atoms with van der Waals surface area (Å²) < 4.78 is 5.21. The Morgan fingerprint density at radius 1 is 1.50 bits per heavy atom. The van der Waals surface area contributed by atoms with Gasteiger partial charge in [0.15, 0.2) is 0 Å². The zero-order valence-corrected chi connectivity index (χ0v) is 11.2. The third kappa shape index (κ3) is 2.93. The molecule has 6 heteroatoms. The van der Waals surface area contributed by atoms with E-state index < -0.39 is 11.7 Å². The molecule has 102 valence electrons. The Hall–Kier alpha value is -1.30. The molecule has 2 aliphatic rings. The number of alkyl carbamates (subject to hydrolysis) is 1. The highest BCUT2D eigenvalue weighted by atomic mass is 16.6. The number of hydrogen-bond donors (Lipinski definition) is 2. The van der Waals surface area contributed by atoms with E-state index in [9.17, 15) is 9.59 Å². The second kappa shape index (κ2) is 4.76. The fourth-order valence-electron chi connectivity index (χ4n) is 2.44. The van der Waals surface area contributed by atoms with E-state index in [-0.39, 0.29) is 18.0 Å². The van der Waals surface area contributed by atoms with Crippen molar-refractivity contribution in [3.8, 4) is 0 Å². The largest absolute Gasteiger partial charge is 0.444 e. The van der Waals surface area contributed by atoms with E-state index in [1.165, 1.54) is 0 Å². The van der Waals surface area contributed by atoms with Crippen LogP contribution in [0.25, 0.3) is 0 Å². The van der Waals surface area contributed by atoms with Gasteiger partial charge in [0.05, 0.1) is 12.1 Å². The highest BCUT2D eigenvalue weighted by molar-refractivity contribution is 5.81. The van der Waals surface area contributed by atoms with Crippen LogP contribution in [0.5, 0.6) is 0 Å². The standard InChI is InChI=1S/C12H21N3O3/c1-12(2,3)18-11(17)14-8-6-10(16)15-5-4-13-7-9(8)15/h8-9,13H,4-7H2,1-3H3,(H,14,17). The van der Waals surface area contributed by atoms with Gasteiger partial charge in [0.1, 0.15) is 5.60 Å². The molecule has 2 N–H and O–H groups in total. The van der Waals surface area contributed by atoms with Crippen molar-refractivity contribution in [3.63, 3.8) is 0 Å². The van der Waals surface area contributed by atoms with Crippen molar-refractivity contribution in [2.45, 2.75) is 44.9 Å². The van der Waals surface area contributed by atoms with Gasteiger partial charge in [-0.3, -0.25) is 4.79 Å². The van der Waals surface area contributed by atoms with Crippen molar-refractivity contribution in [1.29, 1.82) is 0 Å². The van der Waals surface area contributed by atoms with Gasteiger partial charge < -0.3 is 20.3 Å². The number of nitrogens with zero attached hydrogens (tertiary/aromatic N) is 1. The van der Waals surface area contributed by atoms with Crippen molar-refractivity contribution < 1.29 is 14.3 Å². The monoisotopic (exact) mass is 255 g/mol. The second-order valence-corrected chi connectivity index (χ2v) is 5.82. The van der Waals surface area contributed by atoms with Gasteiger partial charge in [0.2, 0.25) is 5.91 Å². The van der Waals surface area contributed by atoms with E-state index in [1.54, 1.807) is 0 Å². The fourth-order valence-corrected chi connectivity index (χ4v) is 2.44. The molecular weight excluding hydrogens is 234 g/mol. The number of carbonyl (C=O) groups excluding carboxylic acids is 2. The Kier molecular flexibility index (Phi) is 3.47. The lowest BCUT2D eigenvalue weighted by molar-refractivity contribution is -0.129. The first-order valence-electron chi connectivity index (χ1n) is 6.36. The zero-order valence-electron chi connectivity index (χ0n) is 11.2. The number of fused-ring (bicyclic) bond motifs is 1. The van der Waals surface area contributed by atoms with Crippen LogP contribution >= 0.6 is 0 Å². The number of nitrogens with one attached hydrogen (secondary N) is 2. The average Bonchev–Trinajstić information content (AvgIpc) is 2.54. The molecule has 2 aliphatic heterocycles. The van der Waals surface area contributed by atoms with Crippen molar-refractivity contribution in [1.82, 2.24) is 15.5 Å². The van der Waals surface area contributed by atoms with E-state index >= 15 is 0 Å². The zero-order chi connectivity index (χ0) is 13.3. The minimum absolute atomic E-state index is 0.0544. The Bertz CT molecular complexity index is 351. The summed E-state index contributed by atoms with van der Waals surface area (Å²) >= 11 is 0. The van der Waals surface area contributed by atoms with Gasteiger partial charge in [-0.25, -0.2) is 4.79 Å². The maximum atomic E-state index is 11.8. The highest BCUT2D eigenvalue weighted by Crippen LogP contribution is 2.21. The molecule has 2 atom stereocenters. The highest BCUT2D eigenvalue weighted by Gasteiger charge is 2.41. The lowest BCUT2D eigenvalue weighted by atomic mass is 10.1. The van der Waals surface area contributed by atoms with E-state index in [0.29, 0.717) is 6.42 Å². The van der Waals surface area contributed by atoms with Crippen LogP contribution in [-0.4, -0.2) is 54.2 Å². The first-order chi connectivity index (χ1) is 8.37. The van der Waals surface area contributed by atoms with Crippen LogP contribution in [0.3, 0.4) is 0 Å². The molecule has 2 saturated heterocycles. The number of rotatable bonds is 1. The van der Waals surface area contributed by atoms with Crippen LogP contribution in [0, 0.1) is 0 Å². The quantitative estimate of drug-likeness (QED) is 0.696. The molecular formula is C12H21N3O3. The lowest BCUT2D eigenvalue weighted by Crippen LogP contribution is -2.56. The molecule has 2 rings (SSSR count). The summed E-state index contributed by atoms with van der Waals surface area (Å²) in [5.74, 6) is 0.113. The Balaban J connectivity index is 1.93. The average molecular weight is 255 g/mol. The van der Waals surface area contributed by atoms with Gasteiger partial charge in [-0.1, -0.05) is 0 Å². The van der Waals surface area contributed by atoms with Crippen molar-refractivity contribution in [2.75, 3.05) is 19.6 Å². The summed E-state index contributed by atoms with van der Waals surface area (Å²) in [7, 11) is 0. The molecule has 0 spiro atoms. The summed E-state index contributed by atoms with van der Waals surface area (Å²) in [6.45, 7) is 7.73. The smallest absolute Gasteiger partial charge is 0.407 e. The van der Waals surface area contributed by atoms with Crippen molar-refractivity contribution >= 4 is 12.0 Å². The Morgan fingerprint density at radius 3 is 2.89 bits per heavy atom. The summed E-state index contributed by atoms with van der Waals surface area (Å²) in [5, 5.41) is 6.04. The third-order valence-electron chi connectivity index (χ3n) is 3.16. The summed E-state index contributed by atoms with van der Waals surface area (Å²) in [4.78, 5) is 25.3. The topological polar surface area (TPSA) is 70.7 Å². The van der Waals surface area contributed by atoms with Gasteiger partial charge in [0.25, 0.3) is 0 Å². The number of piperazine rings is 1. The van der Waals surface area contributed by atoms with E-state index in [1.807, 2.05) is 25.7 Å². The van der Waals surface area contributed by atoms with E-state index in [0.717, 1.165) is 19.6 Å². The predicted molar refractivity (Wildman–Crippen MR) is 66.1 cm³/mol. The minimum Gasteiger partial charge on any atom is -0.444 e. The van der Waals surface area contributed by atoms with Crippen LogP contribution in [0.4, 0.5) is 4.79 Å². The molecule has 0 bridgehead atoms. The number of carbonyl (C=O) groups is 2. The Labute approximate surface area is 107 Å². The van der Waals surface area contributed by atoms with Gasteiger partial charge in [-0.15, -0.1) is 0 Å². The van der Waals surface area contributed by atoms with Crippen molar-refractivity contribution in [3.05, 3.63) is 0 Å². The first-order valence-corrected chi connectivity index (χ1v) is 6.36. The second-order valence-electron chi connectivity index (χ2n) is 5.82. The Morgan fingerprint density at radius 2 is 2.22 bits per heavy atom. The van der Waals surface area contributed by atoms with Gasteiger partial charge in [0, 0.05) is 26.1 Å². The van der Waals surface area contributed by atoms with Crippen LogP contribution in [-0.2, 0) is 9.53 Å². The van der Waals surface area contributed by atoms with Gasteiger partial charge in [-0.2, -0.15) is 0 Å². The molecule has 2 heterocycles. The molecule has 2 amide bonds. The molecule has 0 radical (unpaired) electrons. The maximum Gasteiger partial charge on any atom is 0.407 e. The fraction of sp³-hybridized carbons (Fsp3) is 0.833. The maximum absolute atomic E-state index is 11.8. The number of amides is 2. The minimum atomic E-state index is -0.517. The van der Waals surface area contributed by atoms with Crippen LogP contribution in [0.2, 0.25) is 0 Å². The predicted octanol–water partition coefficient (Wildman–Crippen LogP) is 0.0838. The molecule has 0 aliphatic carbocycles. The summed E-state index contributed by atoms with van der Waals surface area (Å²) in [6.07, 6.45) is -0.0845. The molecule has 6 nitrogen and oxygen atoms in total. The van der Waals surface area contributed by atoms with Gasteiger partial charge in [-0.05, 0) is 20.8 Å². The van der Waals surface area contributed by atoms with Crippen LogP contribution in [0.1, 0.15) is 27.2 Å². The first kappa shape index (κ1) is 13.1. The molecule has 0 saturated carbocycles. The normalized spacial score (nSPS) is 27.9. The molecule has 2 fully saturated rings. The molecule has 0 aromatic carbocycles.